The third-order valence-electron chi connectivity index (χ3n) is 3.13. The minimum atomic E-state index is -0.623. The molecule has 1 heterocycles. The van der Waals surface area contributed by atoms with Crippen molar-refractivity contribution >= 4 is 5.69 Å². The van der Waals surface area contributed by atoms with E-state index in [1.807, 2.05) is 13.8 Å². The van der Waals surface area contributed by atoms with Crippen LogP contribution in [0, 0.1) is 25.5 Å². The standard InChI is InChI=1S/C15H16F2N2O/c1-9-7-18-14(10(2)15(9)20-3)8-19-13-5-4-11(16)6-12(13)17/h4-7,19H,8H2,1-3H3. The number of hydrogen-bond donors (Lipinski definition) is 1. The number of anilines is 1. The summed E-state index contributed by atoms with van der Waals surface area (Å²) in [5, 5.41) is 2.91. The Morgan fingerprint density at radius 3 is 2.65 bits per heavy atom. The minimum Gasteiger partial charge on any atom is -0.496 e. The molecule has 2 rings (SSSR count). The van der Waals surface area contributed by atoms with Crippen LogP contribution < -0.4 is 10.1 Å². The molecule has 0 atom stereocenters. The SMILES string of the molecule is COc1c(C)cnc(CNc2ccc(F)cc2F)c1C. The number of nitrogens with zero attached hydrogens (tertiary/aromatic N) is 1. The predicted octanol–water partition coefficient (Wildman–Crippen LogP) is 3.60. The number of methoxy groups -OCH3 is 1. The molecule has 0 spiro atoms. The van der Waals surface area contributed by atoms with Crippen molar-refractivity contribution < 1.29 is 13.5 Å². The van der Waals surface area contributed by atoms with Gasteiger partial charge in [0.05, 0.1) is 25.0 Å². The Hall–Kier alpha value is -2.17. The van der Waals surface area contributed by atoms with Crippen LogP contribution in [-0.2, 0) is 6.54 Å². The van der Waals surface area contributed by atoms with Gasteiger partial charge in [0.2, 0.25) is 0 Å². The summed E-state index contributed by atoms with van der Waals surface area (Å²) in [6, 6.07) is 3.42. The molecule has 0 aliphatic rings. The van der Waals surface area contributed by atoms with Gasteiger partial charge in [-0.05, 0) is 26.0 Å². The van der Waals surface area contributed by atoms with Crippen molar-refractivity contribution in [1.82, 2.24) is 4.98 Å². The monoisotopic (exact) mass is 278 g/mol. The summed E-state index contributed by atoms with van der Waals surface area (Å²) < 4.78 is 31.7. The molecule has 0 amide bonds. The van der Waals surface area contributed by atoms with Crippen LogP contribution in [0.4, 0.5) is 14.5 Å². The first-order valence-electron chi connectivity index (χ1n) is 6.21. The van der Waals surface area contributed by atoms with Crippen LogP contribution >= 0.6 is 0 Å². The maximum absolute atomic E-state index is 13.5. The minimum absolute atomic E-state index is 0.243. The molecule has 0 aliphatic carbocycles. The Morgan fingerprint density at radius 2 is 2.00 bits per heavy atom. The molecule has 106 valence electrons. The van der Waals surface area contributed by atoms with E-state index in [4.69, 9.17) is 4.74 Å². The maximum Gasteiger partial charge on any atom is 0.149 e. The molecule has 1 aromatic carbocycles. The Labute approximate surface area is 116 Å². The fourth-order valence-electron chi connectivity index (χ4n) is 2.06. The number of aromatic nitrogens is 1. The van der Waals surface area contributed by atoms with Gasteiger partial charge < -0.3 is 10.1 Å². The molecule has 0 radical (unpaired) electrons. The number of benzene rings is 1. The Bertz CT molecular complexity index is 630. The van der Waals surface area contributed by atoms with E-state index in [0.29, 0.717) is 6.54 Å². The fourth-order valence-corrected chi connectivity index (χ4v) is 2.06. The van der Waals surface area contributed by atoms with Crippen molar-refractivity contribution in [2.75, 3.05) is 12.4 Å². The lowest BCUT2D eigenvalue weighted by Crippen LogP contribution is -2.07. The molecule has 0 bridgehead atoms. The molecule has 0 fully saturated rings. The Morgan fingerprint density at radius 1 is 1.25 bits per heavy atom. The molecule has 0 saturated heterocycles. The van der Waals surface area contributed by atoms with Gasteiger partial charge in [0.25, 0.3) is 0 Å². The fraction of sp³-hybridized carbons (Fsp3) is 0.267. The molecule has 5 heteroatoms. The highest BCUT2D eigenvalue weighted by Crippen LogP contribution is 2.25. The second-order valence-corrected chi connectivity index (χ2v) is 4.52. The highest BCUT2D eigenvalue weighted by molar-refractivity contribution is 5.47. The third-order valence-corrected chi connectivity index (χ3v) is 3.13. The summed E-state index contributed by atoms with van der Waals surface area (Å²) in [6.45, 7) is 4.15. The summed E-state index contributed by atoms with van der Waals surface area (Å²) in [6.07, 6.45) is 1.71. The largest absolute Gasteiger partial charge is 0.496 e. The number of nitrogens with one attached hydrogen (secondary N) is 1. The molecular weight excluding hydrogens is 262 g/mol. The summed E-state index contributed by atoms with van der Waals surface area (Å²) in [7, 11) is 1.60. The molecule has 1 aromatic heterocycles. The number of hydrogen-bond acceptors (Lipinski definition) is 3. The average molecular weight is 278 g/mol. The number of ether oxygens (including phenoxy) is 1. The Balaban J connectivity index is 2.19. The van der Waals surface area contributed by atoms with Crippen LogP contribution in [0.3, 0.4) is 0 Å². The van der Waals surface area contributed by atoms with Crippen molar-refractivity contribution in [3.05, 3.63) is 52.9 Å². The zero-order valence-electron chi connectivity index (χ0n) is 11.6. The molecule has 20 heavy (non-hydrogen) atoms. The van der Waals surface area contributed by atoms with E-state index in [0.717, 1.165) is 28.6 Å². The summed E-state index contributed by atoms with van der Waals surface area (Å²) in [5.41, 5.74) is 2.85. The Kier molecular flexibility index (Phi) is 4.17. The van der Waals surface area contributed by atoms with Crippen LogP contribution in [0.5, 0.6) is 5.75 Å². The van der Waals surface area contributed by atoms with E-state index in [1.54, 1.807) is 13.3 Å². The van der Waals surface area contributed by atoms with E-state index in [1.165, 1.54) is 12.1 Å². The predicted molar refractivity (Wildman–Crippen MR) is 73.9 cm³/mol. The molecule has 0 saturated carbocycles. The van der Waals surface area contributed by atoms with Gasteiger partial charge in [-0.15, -0.1) is 0 Å². The normalized spacial score (nSPS) is 10.4. The smallest absolute Gasteiger partial charge is 0.149 e. The van der Waals surface area contributed by atoms with Gasteiger partial charge in [0.15, 0.2) is 0 Å². The zero-order valence-corrected chi connectivity index (χ0v) is 11.6. The van der Waals surface area contributed by atoms with Gasteiger partial charge in [-0.1, -0.05) is 0 Å². The molecule has 0 unspecified atom stereocenters. The number of aryl methyl sites for hydroxylation is 1. The van der Waals surface area contributed by atoms with Crippen molar-refractivity contribution in [1.29, 1.82) is 0 Å². The number of halogens is 2. The molecule has 0 aliphatic heterocycles. The zero-order chi connectivity index (χ0) is 14.7. The van der Waals surface area contributed by atoms with Crippen LogP contribution in [-0.4, -0.2) is 12.1 Å². The quantitative estimate of drug-likeness (QED) is 0.928. The topological polar surface area (TPSA) is 34.1 Å². The van der Waals surface area contributed by atoms with E-state index in [2.05, 4.69) is 10.3 Å². The van der Waals surface area contributed by atoms with Crippen LogP contribution in [0.25, 0.3) is 0 Å². The van der Waals surface area contributed by atoms with E-state index >= 15 is 0 Å². The average Bonchev–Trinajstić information content (AvgIpc) is 2.40. The lowest BCUT2D eigenvalue weighted by molar-refractivity contribution is 0.407. The summed E-state index contributed by atoms with van der Waals surface area (Å²) in [5.74, 6) is -0.447. The van der Waals surface area contributed by atoms with Gasteiger partial charge in [-0.3, -0.25) is 4.98 Å². The first kappa shape index (κ1) is 14.2. The molecule has 3 nitrogen and oxygen atoms in total. The second-order valence-electron chi connectivity index (χ2n) is 4.52. The van der Waals surface area contributed by atoms with E-state index in [9.17, 15) is 8.78 Å². The lowest BCUT2D eigenvalue weighted by Gasteiger charge is -2.13. The number of pyridine rings is 1. The second kappa shape index (κ2) is 5.86. The summed E-state index contributed by atoms with van der Waals surface area (Å²) >= 11 is 0. The highest BCUT2D eigenvalue weighted by atomic mass is 19.1. The van der Waals surface area contributed by atoms with E-state index < -0.39 is 11.6 Å². The number of rotatable bonds is 4. The maximum atomic E-state index is 13.5. The van der Waals surface area contributed by atoms with Gasteiger partial charge >= 0.3 is 0 Å². The van der Waals surface area contributed by atoms with E-state index in [-0.39, 0.29) is 5.69 Å². The van der Waals surface area contributed by atoms with Crippen molar-refractivity contribution in [3.8, 4) is 5.75 Å². The van der Waals surface area contributed by atoms with Gasteiger partial charge in [-0.25, -0.2) is 8.78 Å². The lowest BCUT2D eigenvalue weighted by atomic mass is 10.1. The van der Waals surface area contributed by atoms with Crippen molar-refractivity contribution in [2.45, 2.75) is 20.4 Å². The third kappa shape index (κ3) is 2.87. The summed E-state index contributed by atoms with van der Waals surface area (Å²) in [4.78, 5) is 4.31. The van der Waals surface area contributed by atoms with Gasteiger partial charge in [0.1, 0.15) is 17.4 Å². The molecule has 2 aromatic rings. The van der Waals surface area contributed by atoms with Gasteiger partial charge in [-0.2, -0.15) is 0 Å². The molecular formula is C15H16F2N2O. The van der Waals surface area contributed by atoms with Crippen LogP contribution in [0.15, 0.2) is 24.4 Å². The van der Waals surface area contributed by atoms with Gasteiger partial charge in [0, 0.05) is 23.4 Å². The molecule has 1 N–H and O–H groups in total. The van der Waals surface area contributed by atoms with Crippen molar-refractivity contribution in [3.63, 3.8) is 0 Å². The highest BCUT2D eigenvalue weighted by Gasteiger charge is 2.10. The van der Waals surface area contributed by atoms with Crippen molar-refractivity contribution in [2.24, 2.45) is 0 Å². The van der Waals surface area contributed by atoms with Crippen LogP contribution in [0.1, 0.15) is 16.8 Å². The van der Waals surface area contributed by atoms with Crippen LogP contribution in [0.2, 0.25) is 0 Å². The first-order valence-corrected chi connectivity index (χ1v) is 6.21. The first-order chi connectivity index (χ1) is 9.52.